The van der Waals surface area contributed by atoms with Crippen LogP contribution in [-0.2, 0) is 0 Å². The molecule has 1 aliphatic heterocycles. The van der Waals surface area contributed by atoms with Crippen LogP contribution in [0.1, 0.15) is 19.8 Å². The van der Waals surface area contributed by atoms with Gasteiger partial charge >= 0.3 is 0 Å². The molecule has 0 radical (unpaired) electrons. The van der Waals surface area contributed by atoms with Crippen LogP contribution in [0.5, 0.6) is 0 Å². The maximum atomic E-state index is 9.25. The molecule has 1 heterocycles. The number of benzene rings is 1. The zero-order valence-electron chi connectivity index (χ0n) is 10.8. The Balaban J connectivity index is 1.81. The fourth-order valence-corrected chi connectivity index (χ4v) is 2.46. The number of hydrogen-bond acceptors (Lipinski definition) is 3. The molecule has 1 unspecified atom stereocenters. The first kappa shape index (κ1) is 13.7. The second kappa shape index (κ2) is 6.41. The Labute approximate surface area is 114 Å². The van der Waals surface area contributed by atoms with E-state index >= 15 is 0 Å². The van der Waals surface area contributed by atoms with Crippen LogP contribution in [-0.4, -0.2) is 36.9 Å². The number of anilines is 1. The summed E-state index contributed by atoms with van der Waals surface area (Å²) in [5.41, 5.74) is 1.24. The van der Waals surface area contributed by atoms with Gasteiger partial charge in [-0.2, -0.15) is 0 Å². The Hall–Kier alpha value is -0.770. The monoisotopic (exact) mass is 268 g/mol. The summed E-state index contributed by atoms with van der Waals surface area (Å²) in [4.78, 5) is 2.39. The number of halogens is 1. The SMILES string of the molecule is CC(O)CNC1CCN(c2ccc(Cl)cc2)CC1. The highest BCUT2D eigenvalue weighted by atomic mass is 35.5. The van der Waals surface area contributed by atoms with E-state index in [1.807, 2.05) is 19.1 Å². The van der Waals surface area contributed by atoms with Gasteiger partial charge < -0.3 is 15.3 Å². The van der Waals surface area contributed by atoms with Crippen molar-refractivity contribution >= 4 is 17.3 Å². The molecule has 2 rings (SSSR count). The quantitative estimate of drug-likeness (QED) is 0.880. The highest BCUT2D eigenvalue weighted by Gasteiger charge is 2.19. The standard InChI is InChI=1S/C14H21ClN2O/c1-11(18)10-16-13-6-8-17(9-7-13)14-4-2-12(15)3-5-14/h2-5,11,13,16,18H,6-10H2,1H3. The Kier molecular flexibility index (Phi) is 4.87. The van der Waals surface area contributed by atoms with Crippen molar-refractivity contribution in [2.45, 2.75) is 31.9 Å². The lowest BCUT2D eigenvalue weighted by Crippen LogP contribution is -2.44. The fraction of sp³-hybridized carbons (Fsp3) is 0.571. The molecular weight excluding hydrogens is 248 g/mol. The van der Waals surface area contributed by atoms with Crippen LogP contribution in [0.4, 0.5) is 5.69 Å². The molecule has 2 N–H and O–H groups in total. The fourth-order valence-electron chi connectivity index (χ4n) is 2.33. The molecule has 1 saturated heterocycles. The Bertz CT molecular complexity index is 359. The minimum absolute atomic E-state index is 0.265. The van der Waals surface area contributed by atoms with Crippen LogP contribution >= 0.6 is 11.6 Å². The average Bonchev–Trinajstić information content (AvgIpc) is 2.38. The first-order chi connectivity index (χ1) is 8.65. The molecule has 100 valence electrons. The second-order valence-corrected chi connectivity index (χ2v) is 5.43. The molecule has 0 bridgehead atoms. The molecule has 1 aliphatic rings. The van der Waals surface area contributed by atoms with E-state index in [0.29, 0.717) is 12.6 Å². The Morgan fingerprint density at radius 3 is 2.50 bits per heavy atom. The normalized spacial score (nSPS) is 18.9. The van der Waals surface area contributed by atoms with Gasteiger partial charge in [0.2, 0.25) is 0 Å². The van der Waals surface area contributed by atoms with Crippen molar-refractivity contribution in [1.82, 2.24) is 5.32 Å². The van der Waals surface area contributed by atoms with Crippen molar-refractivity contribution < 1.29 is 5.11 Å². The van der Waals surface area contributed by atoms with E-state index in [-0.39, 0.29) is 6.10 Å². The van der Waals surface area contributed by atoms with Crippen LogP contribution in [0.2, 0.25) is 5.02 Å². The third-order valence-electron chi connectivity index (χ3n) is 3.39. The average molecular weight is 269 g/mol. The molecule has 1 atom stereocenters. The highest BCUT2D eigenvalue weighted by Crippen LogP contribution is 2.21. The largest absolute Gasteiger partial charge is 0.392 e. The highest BCUT2D eigenvalue weighted by molar-refractivity contribution is 6.30. The first-order valence-corrected chi connectivity index (χ1v) is 6.95. The van der Waals surface area contributed by atoms with E-state index in [0.717, 1.165) is 31.0 Å². The third kappa shape index (κ3) is 3.87. The number of nitrogens with zero attached hydrogens (tertiary/aromatic N) is 1. The molecule has 18 heavy (non-hydrogen) atoms. The number of rotatable bonds is 4. The molecular formula is C14H21ClN2O. The minimum Gasteiger partial charge on any atom is -0.392 e. The van der Waals surface area contributed by atoms with E-state index < -0.39 is 0 Å². The second-order valence-electron chi connectivity index (χ2n) is 5.00. The van der Waals surface area contributed by atoms with Gasteiger partial charge in [-0.05, 0) is 44.0 Å². The van der Waals surface area contributed by atoms with Gasteiger partial charge in [-0.15, -0.1) is 0 Å². The van der Waals surface area contributed by atoms with Gasteiger partial charge in [0.25, 0.3) is 0 Å². The van der Waals surface area contributed by atoms with Crippen LogP contribution in [0.15, 0.2) is 24.3 Å². The van der Waals surface area contributed by atoms with Crippen LogP contribution in [0.3, 0.4) is 0 Å². The summed E-state index contributed by atoms with van der Waals surface area (Å²) in [5.74, 6) is 0. The van der Waals surface area contributed by atoms with Gasteiger partial charge in [-0.25, -0.2) is 0 Å². The molecule has 0 spiro atoms. The van der Waals surface area contributed by atoms with E-state index in [4.69, 9.17) is 11.6 Å². The van der Waals surface area contributed by atoms with Crippen molar-refractivity contribution in [2.75, 3.05) is 24.5 Å². The van der Waals surface area contributed by atoms with Crippen molar-refractivity contribution in [3.63, 3.8) is 0 Å². The predicted molar refractivity (Wildman–Crippen MR) is 76.4 cm³/mol. The lowest BCUT2D eigenvalue weighted by Gasteiger charge is -2.34. The number of hydrogen-bond donors (Lipinski definition) is 2. The maximum absolute atomic E-state index is 9.25. The maximum Gasteiger partial charge on any atom is 0.0636 e. The van der Waals surface area contributed by atoms with E-state index in [1.54, 1.807) is 0 Å². The number of nitrogens with one attached hydrogen (secondary N) is 1. The summed E-state index contributed by atoms with van der Waals surface area (Å²) in [5, 5.41) is 13.4. The van der Waals surface area contributed by atoms with Crippen molar-refractivity contribution in [3.8, 4) is 0 Å². The van der Waals surface area contributed by atoms with E-state index in [9.17, 15) is 5.11 Å². The van der Waals surface area contributed by atoms with Gasteiger partial charge in [-0.1, -0.05) is 11.6 Å². The van der Waals surface area contributed by atoms with Gasteiger partial charge in [0.05, 0.1) is 6.10 Å². The predicted octanol–water partition coefficient (Wildman–Crippen LogP) is 2.28. The van der Waals surface area contributed by atoms with Crippen LogP contribution in [0.25, 0.3) is 0 Å². The van der Waals surface area contributed by atoms with Crippen LogP contribution in [0, 0.1) is 0 Å². The Morgan fingerprint density at radius 2 is 1.94 bits per heavy atom. The molecule has 1 aromatic rings. The lowest BCUT2D eigenvalue weighted by atomic mass is 10.0. The molecule has 3 nitrogen and oxygen atoms in total. The molecule has 0 saturated carbocycles. The molecule has 0 amide bonds. The zero-order valence-corrected chi connectivity index (χ0v) is 11.5. The summed E-state index contributed by atoms with van der Waals surface area (Å²) < 4.78 is 0. The third-order valence-corrected chi connectivity index (χ3v) is 3.64. The Morgan fingerprint density at radius 1 is 1.33 bits per heavy atom. The van der Waals surface area contributed by atoms with Crippen molar-refractivity contribution in [3.05, 3.63) is 29.3 Å². The smallest absolute Gasteiger partial charge is 0.0636 e. The van der Waals surface area contributed by atoms with Gasteiger partial charge in [-0.3, -0.25) is 0 Å². The summed E-state index contributed by atoms with van der Waals surface area (Å²) in [7, 11) is 0. The number of aliphatic hydroxyl groups is 1. The van der Waals surface area contributed by atoms with E-state index in [2.05, 4.69) is 22.3 Å². The van der Waals surface area contributed by atoms with Gasteiger partial charge in [0, 0.05) is 36.4 Å². The van der Waals surface area contributed by atoms with Gasteiger partial charge in [0.15, 0.2) is 0 Å². The summed E-state index contributed by atoms with van der Waals surface area (Å²) >= 11 is 5.89. The summed E-state index contributed by atoms with van der Waals surface area (Å²) in [6.45, 7) is 4.61. The zero-order chi connectivity index (χ0) is 13.0. The topological polar surface area (TPSA) is 35.5 Å². The summed E-state index contributed by atoms with van der Waals surface area (Å²) in [6.07, 6.45) is 1.98. The molecule has 1 fully saturated rings. The lowest BCUT2D eigenvalue weighted by molar-refractivity contribution is 0.183. The number of piperidine rings is 1. The molecule has 4 heteroatoms. The van der Waals surface area contributed by atoms with Crippen LogP contribution < -0.4 is 10.2 Å². The molecule has 1 aromatic carbocycles. The number of aliphatic hydroxyl groups excluding tert-OH is 1. The van der Waals surface area contributed by atoms with Crippen molar-refractivity contribution in [2.24, 2.45) is 0 Å². The minimum atomic E-state index is -0.265. The van der Waals surface area contributed by atoms with E-state index in [1.165, 1.54) is 5.69 Å². The molecule has 0 aromatic heterocycles. The summed E-state index contributed by atoms with van der Waals surface area (Å²) in [6, 6.07) is 8.56. The van der Waals surface area contributed by atoms with Gasteiger partial charge in [0.1, 0.15) is 0 Å². The van der Waals surface area contributed by atoms with Crippen molar-refractivity contribution in [1.29, 1.82) is 0 Å². The molecule has 0 aliphatic carbocycles. The first-order valence-electron chi connectivity index (χ1n) is 6.57.